The molecule has 0 aliphatic heterocycles. The van der Waals surface area contributed by atoms with Crippen molar-refractivity contribution >= 4 is 10.9 Å². The first-order chi connectivity index (χ1) is 6.27. The van der Waals surface area contributed by atoms with Crippen LogP contribution in [0.4, 0.5) is 0 Å². The van der Waals surface area contributed by atoms with Crippen molar-refractivity contribution in [1.82, 2.24) is 4.98 Å². The Balaban J connectivity index is 0.000000980. The Hall–Kier alpha value is 0.162. The molecule has 0 bridgehead atoms. The number of nitrogens with one attached hydrogen (secondary N) is 2. The van der Waals surface area contributed by atoms with Gasteiger partial charge in [-0.05, 0) is 18.1 Å². The van der Waals surface area contributed by atoms with Crippen LogP contribution in [0.3, 0.4) is 0 Å². The maximum atomic E-state index is 7.52. The zero-order valence-electron chi connectivity index (χ0n) is 8.25. The van der Waals surface area contributed by atoms with Crippen LogP contribution in [0.5, 0.6) is 0 Å². The number of H-pyrrole nitrogens is 1. The zero-order chi connectivity index (χ0) is 9.26. The second-order valence-electron chi connectivity index (χ2n) is 3.46. The second-order valence-corrected chi connectivity index (χ2v) is 3.46. The fourth-order valence-electron chi connectivity index (χ4n) is 1.63. The average Bonchev–Trinajstić information content (AvgIpc) is 2.48. The Bertz CT molecular complexity index is 406. The molecule has 0 saturated heterocycles. The molecule has 1 atom stereocenters. The van der Waals surface area contributed by atoms with Gasteiger partial charge in [-0.15, -0.1) is 6.04 Å². The maximum absolute atomic E-state index is 7.52. The van der Waals surface area contributed by atoms with Gasteiger partial charge in [0, 0.05) is 61.2 Å². The van der Waals surface area contributed by atoms with E-state index in [2.05, 4.69) is 17.1 Å². The number of rotatable bonds is 2. The molecule has 0 amide bonds. The minimum atomic E-state index is -0.0285. The SMILES string of the molecule is CC([NH-])Cc1c[nH]c2ccccc12.[Ac]. The van der Waals surface area contributed by atoms with Gasteiger partial charge in [-0.2, -0.15) is 0 Å². The number of fused-ring (bicyclic) bond motifs is 1. The Morgan fingerprint density at radius 2 is 2.07 bits per heavy atom. The summed E-state index contributed by atoms with van der Waals surface area (Å²) in [5.41, 5.74) is 9.93. The minimum Gasteiger partial charge on any atom is -0.675 e. The topological polar surface area (TPSA) is 39.6 Å². The van der Waals surface area contributed by atoms with Crippen molar-refractivity contribution in [3.63, 3.8) is 0 Å². The van der Waals surface area contributed by atoms with Crippen LogP contribution in [-0.2, 0) is 6.42 Å². The van der Waals surface area contributed by atoms with E-state index in [0.717, 1.165) is 11.9 Å². The molecule has 0 fully saturated rings. The summed E-state index contributed by atoms with van der Waals surface area (Å²) in [5.74, 6) is 0. The van der Waals surface area contributed by atoms with Crippen LogP contribution in [-0.4, -0.2) is 11.0 Å². The molecule has 0 spiro atoms. The van der Waals surface area contributed by atoms with E-state index < -0.39 is 0 Å². The van der Waals surface area contributed by atoms with Gasteiger partial charge in [-0.1, -0.05) is 25.1 Å². The van der Waals surface area contributed by atoms with Gasteiger partial charge in [0.25, 0.3) is 0 Å². The van der Waals surface area contributed by atoms with Crippen molar-refractivity contribution in [3.8, 4) is 0 Å². The van der Waals surface area contributed by atoms with Crippen LogP contribution >= 0.6 is 0 Å². The average molecular weight is 400 g/mol. The Kier molecular flexibility index (Phi) is 4.63. The van der Waals surface area contributed by atoms with Gasteiger partial charge in [-0.25, -0.2) is 0 Å². The molecule has 1 unspecified atom stereocenters. The van der Waals surface area contributed by atoms with Crippen molar-refractivity contribution in [2.45, 2.75) is 19.4 Å². The minimum absolute atomic E-state index is 0. The summed E-state index contributed by atoms with van der Waals surface area (Å²) in [6.07, 6.45) is 2.83. The summed E-state index contributed by atoms with van der Waals surface area (Å²) >= 11 is 0. The normalized spacial score (nSPS) is 12.4. The van der Waals surface area contributed by atoms with E-state index >= 15 is 0 Å². The number of aromatic amines is 1. The third-order valence-electron chi connectivity index (χ3n) is 2.20. The Labute approximate surface area is 120 Å². The number of aromatic nitrogens is 1. The smallest absolute Gasteiger partial charge is 0.0456 e. The first-order valence-corrected chi connectivity index (χ1v) is 4.53. The van der Waals surface area contributed by atoms with Crippen molar-refractivity contribution in [1.29, 1.82) is 0 Å². The fraction of sp³-hybridized carbons (Fsp3) is 0.273. The Morgan fingerprint density at radius 1 is 1.36 bits per heavy atom. The summed E-state index contributed by atoms with van der Waals surface area (Å²) < 4.78 is 0. The summed E-state index contributed by atoms with van der Waals surface area (Å²) in [4.78, 5) is 3.21. The van der Waals surface area contributed by atoms with E-state index in [1.807, 2.05) is 25.3 Å². The van der Waals surface area contributed by atoms with E-state index in [1.165, 1.54) is 10.9 Å². The van der Waals surface area contributed by atoms with Crippen molar-refractivity contribution in [3.05, 3.63) is 41.8 Å². The van der Waals surface area contributed by atoms with Gasteiger partial charge in [-0.3, -0.25) is 0 Å². The third-order valence-corrected chi connectivity index (χ3v) is 2.20. The van der Waals surface area contributed by atoms with Crippen LogP contribution in [0, 0.1) is 44.1 Å². The summed E-state index contributed by atoms with van der Waals surface area (Å²) in [6.45, 7) is 1.92. The van der Waals surface area contributed by atoms with Crippen molar-refractivity contribution < 1.29 is 44.1 Å². The summed E-state index contributed by atoms with van der Waals surface area (Å²) in [5, 5.41) is 1.25. The monoisotopic (exact) mass is 400 g/mol. The van der Waals surface area contributed by atoms with E-state index in [1.54, 1.807) is 0 Å². The third kappa shape index (κ3) is 2.60. The van der Waals surface area contributed by atoms with Gasteiger partial charge in [0.05, 0.1) is 0 Å². The van der Waals surface area contributed by atoms with E-state index in [4.69, 9.17) is 5.73 Å². The molecule has 2 N–H and O–H groups in total. The van der Waals surface area contributed by atoms with Gasteiger partial charge >= 0.3 is 0 Å². The van der Waals surface area contributed by atoms with Crippen LogP contribution in [0.1, 0.15) is 12.5 Å². The molecule has 0 aliphatic rings. The first kappa shape index (κ1) is 12.2. The predicted molar refractivity (Wildman–Crippen MR) is 55.8 cm³/mol. The van der Waals surface area contributed by atoms with Crippen LogP contribution in [0.2, 0.25) is 0 Å². The molecule has 3 heteroatoms. The van der Waals surface area contributed by atoms with Gasteiger partial charge in [0.2, 0.25) is 0 Å². The van der Waals surface area contributed by atoms with E-state index in [0.29, 0.717) is 0 Å². The second kappa shape index (κ2) is 5.30. The molecule has 71 valence electrons. The van der Waals surface area contributed by atoms with E-state index in [-0.39, 0.29) is 50.1 Å². The number of para-hydroxylation sites is 1. The molecule has 2 rings (SSSR count). The number of hydrogen-bond donors (Lipinski definition) is 1. The van der Waals surface area contributed by atoms with Crippen molar-refractivity contribution in [2.75, 3.05) is 0 Å². The van der Waals surface area contributed by atoms with Crippen LogP contribution in [0.15, 0.2) is 30.5 Å². The maximum Gasteiger partial charge on any atom is 0.0456 e. The van der Waals surface area contributed by atoms with Crippen molar-refractivity contribution in [2.24, 2.45) is 0 Å². The van der Waals surface area contributed by atoms with Crippen LogP contribution < -0.4 is 0 Å². The fourth-order valence-corrected chi connectivity index (χ4v) is 1.63. The van der Waals surface area contributed by atoms with Gasteiger partial charge in [0.15, 0.2) is 0 Å². The molecule has 0 saturated carbocycles. The summed E-state index contributed by atoms with van der Waals surface area (Å²) in [7, 11) is 0. The molecule has 1 radical (unpaired) electrons. The summed E-state index contributed by atoms with van der Waals surface area (Å²) in [6, 6.07) is 8.19. The molecule has 1 heterocycles. The molecule has 1 aromatic carbocycles. The molecular formula is C11H13AcN2-. The molecule has 0 aliphatic carbocycles. The standard InChI is InChI=1S/C11H13N2.Ac/c1-8(12)6-9-7-13-11-5-3-2-4-10(9)11;/h2-5,7-8,12-13H,6H2,1H3;/q-1;. The van der Waals surface area contributed by atoms with Crippen LogP contribution in [0.25, 0.3) is 16.6 Å². The number of benzene rings is 1. The molecule has 14 heavy (non-hydrogen) atoms. The first-order valence-electron chi connectivity index (χ1n) is 4.53. The molecular weight excluding hydrogens is 387 g/mol. The van der Waals surface area contributed by atoms with Gasteiger partial charge in [0.1, 0.15) is 0 Å². The predicted octanol–water partition coefficient (Wildman–Crippen LogP) is 3.15. The molecule has 2 nitrogen and oxygen atoms in total. The zero-order valence-corrected chi connectivity index (χ0v) is 13.0. The molecule has 2 aromatic rings. The van der Waals surface area contributed by atoms with E-state index in [9.17, 15) is 0 Å². The molecule has 1 aromatic heterocycles. The Morgan fingerprint density at radius 3 is 2.79 bits per heavy atom. The quantitative estimate of drug-likeness (QED) is 0.805. The van der Waals surface area contributed by atoms with Gasteiger partial charge < -0.3 is 10.7 Å². The largest absolute Gasteiger partial charge is 0.675 e. The number of hydrogen-bond acceptors (Lipinski definition) is 0.